The molecular formula is C23H32N4O. The zero-order valence-electron chi connectivity index (χ0n) is 17.1. The lowest BCUT2D eigenvalue weighted by molar-refractivity contribution is 0.0342. The van der Waals surface area contributed by atoms with Crippen LogP contribution >= 0.6 is 0 Å². The summed E-state index contributed by atoms with van der Waals surface area (Å²) >= 11 is 0. The van der Waals surface area contributed by atoms with E-state index in [-0.39, 0.29) is 0 Å². The summed E-state index contributed by atoms with van der Waals surface area (Å²) in [6.07, 6.45) is 1.93. The van der Waals surface area contributed by atoms with Crippen LogP contribution in [0.1, 0.15) is 36.1 Å². The third-order valence-corrected chi connectivity index (χ3v) is 5.19. The topological polar surface area (TPSA) is 62.9 Å². The summed E-state index contributed by atoms with van der Waals surface area (Å²) in [5.41, 5.74) is 12.3. The first-order chi connectivity index (χ1) is 13.7. The summed E-state index contributed by atoms with van der Waals surface area (Å²) in [5, 5.41) is 3.34. The second kappa shape index (κ2) is 10.2. The van der Waals surface area contributed by atoms with E-state index in [0.717, 1.165) is 51.4 Å². The molecule has 0 bridgehead atoms. The van der Waals surface area contributed by atoms with Crippen LogP contribution in [0.15, 0.2) is 47.5 Å². The molecule has 5 nitrogen and oxygen atoms in total. The third kappa shape index (κ3) is 5.57. The number of benzene rings is 2. The van der Waals surface area contributed by atoms with Gasteiger partial charge in [0.1, 0.15) is 0 Å². The number of nitrogens with two attached hydrogens (primary N) is 1. The second-order valence-electron chi connectivity index (χ2n) is 7.19. The van der Waals surface area contributed by atoms with E-state index in [2.05, 4.69) is 71.5 Å². The minimum Gasteiger partial charge on any atom is -0.379 e. The van der Waals surface area contributed by atoms with Gasteiger partial charge in [0, 0.05) is 25.3 Å². The Hall–Kier alpha value is -2.37. The van der Waals surface area contributed by atoms with E-state index in [0.29, 0.717) is 12.5 Å². The number of hydrogen-bond donors (Lipinski definition) is 2. The van der Waals surface area contributed by atoms with Gasteiger partial charge < -0.3 is 15.8 Å². The van der Waals surface area contributed by atoms with Crippen LogP contribution in [0.3, 0.4) is 0 Å². The first kappa shape index (κ1) is 20.4. The highest BCUT2D eigenvalue weighted by molar-refractivity contribution is 5.93. The van der Waals surface area contributed by atoms with Gasteiger partial charge in [-0.2, -0.15) is 0 Å². The Bertz CT molecular complexity index is 775. The van der Waals surface area contributed by atoms with Crippen molar-refractivity contribution in [2.45, 2.75) is 39.8 Å². The van der Waals surface area contributed by atoms with Gasteiger partial charge in [0.15, 0.2) is 5.96 Å². The van der Waals surface area contributed by atoms with E-state index in [4.69, 9.17) is 10.5 Å². The standard InChI is InChI=1S/C23H32N4O/c1-3-20-9-6-10-21(4-2)22(20)26-23(24)25-16-18-7-5-8-19(15-18)17-27-11-13-28-14-12-27/h5-10,15H,3-4,11-14,16-17H2,1-2H3,(H3,24,25,26). The maximum Gasteiger partial charge on any atom is 0.193 e. The van der Waals surface area contributed by atoms with Crippen LogP contribution in [0, 0.1) is 0 Å². The molecule has 0 unspecified atom stereocenters. The fraction of sp³-hybridized carbons (Fsp3) is 0.435. The van der Waals surface area contributed by atoms with Gasteiger partial charge in [0.2, 0.25) is 0 Å². The highest BCUT2D eigenvalue weighted by Crippen LogP contribution is 2.22. The molecule has 150 valence electrons. The third-order valence-electron chi connectivity index (χ3n) is 5.19. The molecule has 5 heteroatoms. The number of nitrogens with one attached hydrogen (secondary N) is 1. The Morgan fingerprint density at radius 1 is 1.04 bits per heavy atom. The van der Waals surface area contributed by atoms with Crippen molar-refractivity contribution in [1.82, 2.24) is 4.90 Å². The molecule has 3 rings (SSSR count). The van der Waals surface area contributed by atoms with Gasteiger partial charge in [-0.05, 0) is 35.1 Å². The SMILES string of the molecule is CCc1cccc(CC)c1NC(N)=NCc1cccc(CN2CCOCC2)c1. The van der Waals surface area contributed by atoms with Crippen molar-refractivity contribution in [1.29, 1.82) is 0 Å². The second-order valence-corrected chi connectivity index (χ2v) is 7.19. The van der Waals surface area contributed by atoms with Gasteiger partial charge in [0.05, 0.1) is 19.8 Å². The summed E-state index contributed by atoms with van der Waals surface area (Å²) in [5.74, 6) is 0.467. The minimum atomic E-state index is 0.467. The largest absolute Gasteiger partial charge is 0.379 e. The predicted octanol–water partition coefficient (Wildman–Crippen LogP) is 3.57. The van der Waals surface area contributed by atoms with Gasteiger partial charge in [-0.25, -0.2) is 4.99 Å². The van der Waals surface area contributed by atoms with Crippen LogP contribution in [0.5, 0.6) is 0 Å². The highest BCUT2D eigenvalue weighted by Gasteiger charge is 2.11. The summed E-state index contributed by atoms with van der Waals surface area (Å²) < 4.78 is 5.43. The Labute approximate surface area is 168 Å². The molecule has 0 atom stereocenters. The van der Waals surface area contributed by atoms with Crippen molar-refractivity contribution in [3.05, 3.63) is 64.7 Å². The smallest absolute Gasteiger partial charge is 0.193 e. The molecule has 2 aromatic rings. The lowest BCUT2D eigenvalue weighted by atomic mass is 10.0. The zero-order chi connectivity index (χ0) is 19.8. The number of aryl methyl sites for hydroxylation is 2. The van der Waals surface area contributed by atoms with Gasteiger partial charge in [-0.1, -0.05) is 56.3 Å². The molecule has 0 radical (unpaired) electrons. The molecule has 1 fully saturated rings. The summed E-state index contributed by atoms with van der Waals surface area (Å²) in [7, 11) is 0. The summed E-state index contributed by atoms with van der Waals surface area (Å²) in [6, 6.07) is 15.0. The van der Waals surface area contributed by atoms with Crippen LogP contribution in [-0.2, 0) is 30.7 Å². The minimum absolute atomic E-state index is 0.467. The molecule has 1 aliphatic heterocycles. The van der Waals surface area contributed by atoms with Crippen molar-refractivity contribution >= 4 is 11.6 Å². The molecular weight excluding hydrogens is 348 g/mol. The fourth-order valence-corrected chi connectivity index (χ4v) is 3.59. The van der Waals surface area contributed by atoms with E-state index in [1.165, 1.54) is 22.3 Å². The van der Waals surface area contributed by atoms with Crippen LogP contribution in [0.2, 0.25) is 0 Å². The maximum atomic E-state index is 6.20. The van der Waals surface area contributed by atoms with E-state index in [9.17, 15) is 0 Å². The fourth-order valence-electron chi connectivity index (χ4n) is 3.59. The molecule has 0 saturated carbocycles. The average Bonchev–Trinajstić information content (AvgIpc) is 2.73. The number of anilines is 1. The van der Waals surface area contributed by atoms with Crippen molar-refractivity contribution in [2.75, 3.05) is 31.6 Å². The number of guanidine groups is 1. The lowest BCUT2D eigenvalue weighted by Gasteiger charge is -2.26. The number of morpholine rings is 1. The van der Waals surface area contributed by atoms with Crippen LogP contribution in [0.4, 0.5) is 5.69 Å². The summed E-state index contributed by atoms with van der Waals surface area (Å²) in [4.78, 5) is 7.00. The van der Waals surface area contributed by atoms with E-state index >= 15 is 0 Å². The normalized spacial score (nSPS) is 15.6. The quantitative estimate of drug-likeness (QED) is 0.569. The predicted molar refractivity (Wildman–Crippen MR) is 117 cm³/mol. The van der Waals surface area contributed by atoms with Gasteiger partial charge in [0.25, 0.3) is 0 Å². The Morgan fingerprint density at radius 2 is 1.68 bits per heavy atom. The molecule has 0 amide bonds. The number of rotatable bonds is 7. The molecule has 1 saturated heterocycles. The molecule has 1 heterocycles. The average molecular weight is 381 g/mol. The molecule has 28 heavy (non-hydrogen) atoms. The molecule has 1 aliphatic rings. The lowest BCUT2D eigenvalue weighted by Crippen LogP contribution is -2.35. The Kier molecular flexibility index (Phi) is 7.46. The van der Waals surface area contributed by atoms with E-state index in [1.54, 1.807) is 0 Å². The maximum absolute atomic E-state index is 6.20. The van der Waals surface area contributed by atoms with Crippen molar-refractivity contribution in [2.24, 2.45) is 10.7 Å². The van der Waals surface area contributed by atoms with Gasteiger partial charge in [-0.3, -0.25) is 4.90 Å². The monoisotopic (exact) mass is 380 g/mol. The number of nitrogens with zero attached hydrogens (tertiary/aromatic N) is 2. The van der Waals surface area contributed by atoms with Crippen molar-refractivity contribution in [3.63, 3.8) is 0 Å². The molecule has 0 aromatic heterocycles. The number of ether oxygens (including phenoxy) is 1. The number of aliphatic imine (C=N–C) groups is 1. The van der Waals surface area contributed by atoms with E-state index in [1.807, 2.05) is 0 Å². The number of para-hydroxylation sites is 1. The van der Waals surface area contributed by atoms with Crippen molar-refractivity contribution < 1.29 is 4.74 Å². The Morgan fingerprint density at radius 3 is 2.36 bits per heavy atom. The molecule has 3 N–H and O–H groups in total. The van der Waals surface area contributed by atoms with Crippen LogP contribution in [-0.4, -0.2) is 37.2 Å². The van der Waals surface area contributed by atoms with E-state index < -0.39 is 0 Å². The molecule has 0 aliphatic carbocycles. The summed E-state index contributed by atoms with van der Waals surface area (Å²) in [6.45, 7) is 9.49. The van der Waals surface area contributed by atoms with Gasteiger partial charge in [-0.15, -0.1) is 0 Å². The molecule has 0 spiro atoms. The van der Waals surface area contributed by atoms with Crippen LogP contribution in [0.25, 0.3) is 0 Å². The zero-order valence-corrected chi connectivity index (χ0v) is 17.1. The van der Waals surface area contributed by atoms with Crippen LogP contribution < -0.4 is 11.1 Å². The number of hydrogen-bond acceptors (Lipinski definition) is 3. The van der Waals surface area contributed by atoms with Gasteiger partial charge >= 0.3 is 0 Å². The Balaban J connectivity index is 1.64. The molecule has 2 aromatic carbocycles. The highest BCUT2D eigenvalue weighted by atomic mass is 16.5. The first-order valence-corrected chi connectivity index (χ1v) is 10.2. The van der Waals surface area contributed by atoms with Crippen molar-refractivity contribution in [3.8, 4) is 0 Å². The first-order valence-electron chi connectivity index (χ1n) is 10.2.